The van der Waals surface area contributed by atoms with Gasteiger partial charge in [-0.05, 0) is 45.1 Å². The number of nitrogens with zero attached hydrogens (tertiary/aromatic N) is 1. The highest BCUT2D eigenvalue weighted by Crippen LogP contribution is 2.25. The molecule has 0 aromatic rings. The standard InChI is InChI=1S/C13H26N2O2/c1-3-9-15(12(4-2)13(16)17)11-7-5-10(14)6-8-11/h10-12H,3-9,14H2,1-2H3,(H,16,17). The van der Waals surface area contributed by atoms with Crippen molar-refractivity contribution in [3.05, 3.63) is 0 Å². The third kappa shape index (κ3) is 3.96. The van der Waals surface area contributed by atoms with Crippen LogP contribution in [-0.4, -0.2) is 40.6 Å². The summed E-state index contributed by atoms with van der Waals surface area (Å²) in [4.78, 5) is 13.5. The average Bonchev–Trinajstić information content (AvgIpc) is 2.29. The van der Waals surface area contributed by atoms with Gasteiger partial charge in [0, 0.05) is 12.1 Å². The molecule has 4 heteroatoms. The van der Waals surface area contributed by atoms with Crippen LogP contribution in [0.3, 0.4) is 0 Å². The molecule has 1 aliphatic carbocycles. The maximum Gasteiger partial charge on any atom is 0.320 e. The number of nitrogens with two attached hydrogens (primary N) is 1. The molecule has 0 saturated heterocycles. The van der Waals surface area contributed by atoms with E-state index in [1.807, 2.05) is 6.92 Å². The molecule has 0 aliphatic heterocycles. The Hall–Kier alpha value is -0.610. The molecule has 0 radical (unpaired) electrons. The Morgan fingerprint density at radius 3 is 2.35 bits per heavy atom. The Labute approximate surface area is 104 Å². The molecule has 1 rings (SSSR count). The van der Waals surface area contributed by atoms with Crippen LogP contribution < -0.4 is 5.73 Å². The van der Waals surface area contributed by atoms with Crippen LogP contribution in [0.1, 0.15) is 52.4 Å². The fourth-order valence-electron chi connectivity index (χ4n) is 2.84. The predicted molar refractivity (Wildman–Crippen MR) is 68.9 cm³/mol. The largest absolute Gasteiger partial charge is 0.480 e. The van der Waals surface area contributed by atoms with Gasteiger partial charge in [0.15, 0.2) is 0 Å². The minimum Gasteiger partial charge on any atom is -0.480 e. The quantitative estimate of drug-likeness (QED) is 0.745. The van der Waals surface area contributed by atoms with Crippen LogP contribution in [0.5, 0.6) is 0 Å². The van der Waals surface area contributed by atoms with Gasteiger partial charge in [-0.2, -0.15) is 0 Å². The van der Waals surface area contributed by atoms with Crippen LogP contribution in [0.2, 0.25) is 0 Å². The van der Waals surface area contributed by atoms with E-state index in [4.69, 9.17) is 5.73 Å². The topological polar surface area (TPSA) is 66.6 Å². The zero-order valence-electron chi connectivity index (χ0n) is 11.1. The molecule has 1 saturated carbocycles. The first-order chi connectivity index (χ1) is 8.10. The van der Waals surface area contributed by atoms with Gasteiger partial charge in [0.1, 0.15) is 6.04 Å². The molecule has 0 aromatic heterocycles. The zero-order valence-corrected chi connectivity index (χ0v) is 11.1. The second kappa shape index (κ2) is 6.97. The van der Waals surface area contributed by atoms with E-state index in [0.717, 1.165) is 38.6 Å². The van der Waals surface area contributed by atoms with Gasteiger partial charge in [-0.15, -0.1) is 0 Å². The molecule has 0 amide bonds. The monoisotopic (exact) mass is 242 g/mol. The Balaban J connectivity index is 2.66. The van der Waals surface area contributed by atoms with Gasteiger partial charge >= 0.3 is 5.97 Å². The smallest absolute Gasteiger partial charge is 0.320 e. The Bertz CT molecular complexity index is 238. The summed E-state index contributed by atoms with van der Waals surface area (Å²) in [5, 5.41) is 9.29. The van der Waals surface area contributed by atoms with Crippen molar-refractivity contribution < 1.29 is 9.90 Å². The van der Waals surface area contributed by atoms with Crippen LogP contribution >= 0.6 is 0 Å². The summed E-state index contributed by atoms with van der Waals surface area (Å²) >= 11 is 0. The van der Waals surface area contributed by atoms with Crippen LogP contribution in [0.4, 0.5) is 0 Å². The SMILES string of the molecule is CCCN(C1CCC(N)CC1)C(CC)C(=O)O. The van der Waals surface area contributed by atoms with Gasteiger partial charge in [-0.1, -0.05) is 13.8 Å². The molecule has 100 valence electrons. The van der Waals surface area contributed by atoms with Crippen LogP contribution in [0, 0.1) is 0 Å². The highest BCUT2D eigenvalue weighted by Gasteiger charge is 2.31. The summed E-state index contributed by atoms with van der Waals surface area (Å²) in [5.74, 6) is -0.684. The molecule has 1 aliphatic rings. The van der Waals surface area contributed by atoms with Crippen LogP contribution in [0.15, 0.2) is 0 Å². The molecule has 0 bridgehead atoms. The van der Waals surface area contributed by atoms with Crippen LogP contribution in [-0.2, 0) is 4.79 Å². The maximum atomic E-state index is 11.3. The summed E-state index contributed by atoms with van der Waals surface area (Å²) < 4.78 is 0. The fraction of sp³-hybridized carbons (Fsp3) is 0.923. The first-order valence-corrected chi connectivity index (χ1v) is 6.84. The van der Waals surface area contributed by atoms with Gasteiger partial charge < -0.3 is 10.8 Å². The van der Waals surface area contributed by atoms with Gasteiger partial charge in [0.2, 0.25) is 0 Å². The summed E-state index contributed by atoms with van der Waals surface area (Å²) in [6.07, 6.45) is 5.84. The molecule has 0 aromatic carbocycles. The van der Waals surface area contributed by atoms with Gasteiger partial charge in [-0.3, -0.25) is 9.69 Å². The van der Waals surface area contributed by atoms with E-state index in [-0.39, 0.29) is 6.04 Å². The van der Waals surface area contributed by atoms with Gasteiger partial charge in [0.25, 0.3) is 0 Å². The minimum absolute atomic E-state index is 0.319. The van der Waals surface area contributed by atoms with Crippen molar-refractivity contribution in [2.45, 2.75) is 70.5 Å². The second-order valence-electron chi connectivity index (χ2n) is 5.07. The van der Waals surface area contributed by atoms with Crippen molar-refractivity contribution in [1.82, 2.24) is 4.90 Å². The molecule has 0 spiro atoms. The molecule has 1 atom stereocenters. The molecular weight excluding hydrogens is 216 g/mol. The summed E-state index contributed by atoms with van der Waals surface area (Å²) in [7, 11) is 0. The highest BCUT2D eigenvalue weighted by atomic mass is 16.4. The third-order valence-electron chi connectivity index (χ3n) is 3.76. The van der Waals surface area contributed by atoms with E-state index >= 15 is 0 Å². The molecule has 1 fully saturated rings. The minimum atomic E-state index is -0.684. The van der Waals surface area contributed by atoms with Gasteiger partial charge in [0.05, 0.1) is 0 Å². The van der Waals surface area contributed by atoms with E-state index in [0.29, 0.717) is 18.5 Å². The van der Waals surface area contributed by atoms with E-state index in [1.54, 1.807) is 0 Å². The molecule has 4 nitrogen and oxygen atoms in total. The molecule has 3 N–H and O–H groups in total. The van der Waals surface area contributed by atoms with Crippen molar-refractivity contribution >= 4 is 5.97 Å². The molecule has 17 heavy (non-hydrogen) atoms. The number of carboxylic acids is 1. The number of carbonyl (C=O) groups is 1. The van der Waals surface area contributed by atoms with Crippen molar-refractivity contribution in [3.63, 3.8) is 0 Å². The molecule has 1 unspecified atom stereocenters. The van der Waals surface area contributed by atoms with E-state index in [1.165, 1.54) is 0 Å². The first-order valence-electron chi connectivity index (χ1n) is 6.84. The lowest BCUT2D eigenvalue weighted by Gasteiger charge is -2.39. The Morgan fingerprint density at radius 2 is 1.94 bits per heavy atom. The number of hydrogen-bond acceptors (Lipinski definition) is 3. The van der Waals surface area contributed by atoms with E-state index in [9.17, 15) is 9.90 Å². The summed E-state index contributed by atoms with van der Waals surface area (Å²) in [6.45, 7) is 4.94. The first kappa shape index (κ1) is 14.5. The number of aliphatic carboxylic acids is 1. The predicted octanol–water partition coefficient (Wildman–Crippen LogP) is 1.83. The van der Waals surface area contributed by atoms with Crippen molar-refractivity contribution in [1.29, 1.82) is 0 Å². The van der Waals surface area contributed by atoms with Crippen molar-refractivity contribution in [2.75, 3.05) is 6.54 Å². The highest BCUT2D eigenvalue weighted by molar-refractivity contribution is 5.73. The Kier molecular flexibility index (Phi) is 5.92. The fourth-order valence-corrected chi connectivity index (χ4v) is 2.84. The number of rotatable bonds is 6. The van der Waals surface area contributed by atoms with Crippen LogP contribution in [0.25, 0.3) is 0 Å². The maximum absolute atomic E-state index is 11.3. The lowest BCUT2D eigenvalue weighted by molar-refractivity contribution is -0.144. The summed E-state index contributed by atoms with van der Waals surface area (Å²) in [6, 6.07) is 0.407. The summed E-state index contributed by atoms with van der Waals surface area (Å²) in [5.41, 5.74) is 5.90. The second-order valence-corrected chi connectivity index (χ2v) is 5.07. The third-order valence-corrected chi connectivity index (χ3v) is 3.76. The lowest BCUT2D eigenvalue weighted by atomic mass is 9.89. The normalized spacial score (nSPS) is 27.1. The number of hydrogen-bond donors (Lipinski definition) is 2. The van der Waals surface area contributed by atoms with Gasteiger partial charge in [-0.25, -0.2) is 0 Å². The van der Waals surface area contributed by atoms with Crippen molar-refractivity contribution in [2.24, 2.45) is 5.73 Å². The van der Waals surface area contributed by atoms with E-state index in [2.05, 4.69) is 11.8 Å². The molecule has 0 heterocycles. The van der Waals surface area contributed by atoms with Crippen molar-refractivity contribution in [3.8, 4) is 0 Å². The average molecular weight is 242 g/mol. The van der Waals surface area contributed by atoms with E-state index < -0.39 is 5.97 Å². The lowest BCUT2D eigenvalue weighted by Crippen LogP contribution is -2.49. The number of carboxylic acid groups (broad SMARTS) is 1. The Morgan fingerprint density at radius 1 is 1.35 bits per heavy atom. The zero-order chi connectivity index (χ0) is 12.8. The molecular formula is C13H26N2O2.